The molecule has 0 fully saturated rings. The average Bonchev–Trinajstić information content (AvgIpc) is 3.43. The first-order valence-corrected chi connectivity index (χ1v) is 10.0. The molecule has 0 saturated carbocycles. The van der Waals surface area contributed by atoms with Crippen molar-refractivity contribution in [1.29, 1.82) is 0 Å². The topological polar surface area (TPSA) is 97.7 Å². The first kappa shape index (κ1) is 18.8. The lowest BCUT2D eigenvalue weighted by molar-refractivity contribution is 0.102. The van der Waals surface area contributed by atoms with Crippen LogP contribution in [0.15, 0.2) is 66.7 Å². The van der Waals surface area contributed by atoms with Gasteiger partial charge < -0.3 is 14.6 Å². The minimum atomic E-state index is -0.178. The fraction of sp³-hybridized carbons (Fsp3) is 0.130. The Hall–Kier alpha value is -4.20. The van der Waals surface area contributed by atoms with Crippen LogP contribution in [-0.4, -0.2) is 31.1 Å². The highest BCUT2D eigenvalue weighted by atomic mass is 16.5. The summed E-state index contributed by atoms with van der Waals surface area (Å²) < 4.78 is 7.85. The quantitative estimate of drug-likeness (QED) is 0.436. The van der Waals surface area contributed by atoms with Crippen LogP contribution in [0.5, 0.6) is 5.75 Å². The lowest BCUT2D eigenvalue weighted by Crippen LogP contribution is -2.11. The van der Waals surface area contributed by atoms with Crippen molar-refractivity contribution in [3.05, 3.63) is 78.1 Å². The van der Waals surface area contributed by atoms with Crippen LogP contribution < -0.4 is 10.1 Å². The summed E-state index contributed by atoms with van der Waals surface area (Å²) >= 11 is 0. The second-order valence-corrected chi connectivity index (χ2v) is 7.09. The number of nitrogens with one attached hydrogen (secondary N) is 2. The summed E-state index contributed by atoms with van der Waals surface area (Å²) in [5.41, 5.74) is 3.60. The first-order chi connectivity index (χ1) is 15.2. The Bertz CT molecular complexity index is 1360. The number of rotatable bonds is 6. The monoisotopic (exact) mass is 412 g/mol. The second kappa shape index (κ2) is 7.91. The van der Waals surface area contributed by atoms with Gasteiger partial charge in [0.25, 0.3) is 5.91 Å². The molecule has 3 aromatic carbocycles. The van der Waals surface area contributed by atoms with E-state index in [1.54, 1.807) is 24.3 Å². The number of tetrazole rings is 1. The summed E-state index contributed by atoms with van der Waals surface area (Å²) in [5.74, 6) is 0.903. The molecule has 2 heterocycles. The van der Waals surface area contributed by atoms with E-state index in [2.05, 4.69) is 55.6 Å². The van der Waals surface area contributed by atoms with Gasteiger partial charge in [0, 0.05) is 34.1 Å². The predicted octanol–water partition coefficient (Wildman–Crippen LogP) is 4.16. The summed E-state index contributed by atoms with van der Waals surface area (Å²) in [6, 6.07) is 21.3. The minimum absolute atomic E-state index is 0.178. The van der Waals surface area contributed by atoms with Gasteiger partial charge in [-0.05, 0) is 49.4 Å². The number of hydrogen-bond donors (Lipinski definition) is 2. The van der Waals surface area contributed by atoms with E-state index in [1.807, 2.05) is 24.3 Å². The molecule has 8 heteroatoms. The number of fused-ring (bicyclic) bond motifs is 3. The molecule has 0 bridgehead atoms. The molecule has 0 aliphatic heterocycles. The molecule has 2 N–H and O–H groups in total. The zero-order chi connectivity index (χ0) is 21.2. The van der Waals surface area contributed by atoms with Crippen LogP contribution >= 0.6 is 0 Å². The largest absolute Gasteiger partial charge is 0.485 e. The van der Waals surface area contributed by atoms with Crippen LogP contribution in [0.25, 0.3) is 21.8 Å². The van der Waals surface area contributed by atoms with Crippen molar-refractivity contribution in [2.45, 2.75) is 20.1 Å². The van der Waals surface area contributed by atoms with E-state index < -0.39 is 0 Å². The number of aromatic amines is 1. The standard InChI is InChI=1S/C23H20N6O2/c1-2-29-20-6-4-3-5-18(20)19-12-9-16(13-21(19)29)24-23(30)15-7-10-17(11-8-15)31-14-22-25-27-28-26-22/h3-13H,2,14H2,1H3,(H,24,30)(H,25,26,27,28). The maximum atomic E-state index is 12.7. The fourth-order valence-corrected chi connectivity index (χ4v) is 3.77. The summed E-state index contributed by atoms with van der Waals surface area (Å²) in [5, 5.41) is 18.9. The Morgan fingerprint density at radius 2 is 1.84 bits per heavy atom. The van der Waals surface area contributed by atoms with Gasteiger partial charge in [0.05, 0.1) is 5.52 Å². The summed E-state index contributed by atoms with van der Waals surface area (Å²) in [6.45, 7) is 3.18. The summed E-state index contributed by atoms with van der Waals surface area (Å²) in [6.07, 6.45) is 0. The molecule has 31 heavy (non-hydrogen) atoms. The molecule has 0 aliphatic carbocycles. The number of aryl methyl sites for hydroxylation is 1. The average molecular weight is 412 g/mol. The lowest BCUT2D eigenvalue weighted by atomic mass is 10.1. The molecule has 0 unspecified atom stereocenters. The molecule has 0 atom stereocenters. The van der Waals surface area contributed by atoms with Gasteiger partial charge in [-0.3, -0.25) is 4.79 Å². The van der Waals surface area contributed by atoms with Crippen LogP contribution in [-0.2, 0) is 13.2 Å². The normalized spacial score (nSPS) is 11.1. The maximum Gasteiger partial charge on any atom is 0.255 e. The van der Waals surface area contributed by atoms with E-state index in [1.165, 1.54) is 16.3 Å². The molecule has 8 nitrogen and oxygen atoms in total. The van der Waals surface area contributed by atoms with E-state index >= 15 is 0 Å². The third kappa shape index (κ3) is 3.59. The van der Waals surface area contributed by atoms with E-state index in [0.717, 1.165) is 17.7 Å². The maximum absolute atomic E-state index is 12.7. The van der Waals surface area contributed by atoms with Crippen molar-refractivity contribution in [3.63, 3.8) is 0 Å². The van der Waals surface area contributed by atoms with E-state index in [0.29, 0.717) is 17.1 Å². The zero-order valence-electron chi connectivity index (χ0n) is 16.9. The molecule has 5 rings (SSSR count). The number of benzene rings is 3. The number of amides is 1. The van der Waals surface area contributed by atoms with Gasteiger partial charge in [-0.1, -0.05) is 29.5 Å². The number of anilines is 1. The molecule has 154 valence electrons. The van der Waals surface area contributed by atoms with Crippen molar-refractivity contribution in [3.8, 4) is 5.75 Å². The molecular weight excluding hydrogens is 392 g/mol. The first-order valence-electron chi connectivity index (χ1n) is 10.0. The van der Waals surface area contributed by atoms with Crippen molar-refractivity contribution < 1.29 is 9.53 Å². The van der Waals surface area contributed by atoms with E-state index in [-0.39, 0.29) is 12.5 Å². The van der Waals surface area contributed by atoms with Crippen LogP contribution in [0.2, 0.25) is 0 Å². The number of hydrogen-bond acceptors (Lipinski definition) is 5. The third-order valence-corrected chi connectivity index (χ3v) is 5.22. The molecule has 0 radical (unpaired) electrons. The highest BCUT2D eigenvalue weighted by Crippen LogP contribution is 2.31. The number of H-pyrrole nitrogens is 1. The van der Waals surface area contributed by atoms with Gasteiger partial charge in [0.15, 0.2) is 6.61 Å². The Morgan fingerprint density at radius 3 is 2.61 bits per heavy atom. The number of para-hydroxylation sites is 1. The van der Waals surface area contributed by atoms with E-state index in [4.69, 9.17) is 4.74 Å². The molecule has 0 saturated heterocycles. The van der Waals surface area contributed by atoms with Gasteiger partial charge in [-0.15, -0.1) is 10.2 Å². The van der Waals surface area contributed by atoms with Gasteiger partial charge in [0.2, 0.25) is 5.82 Å². The Morgan fingerprint density at radius 1 is 1.03 bits per heavy atom. The molecule has 2 aromatic heterocycles. The lowest BCUT2D eigenvalue weighted by Gasteiger charge is -2.08. The van der Waals surface area contributed by atoms with Crippen LogP contribution in [0.4, 0.5) is 5.69 Å². The van der Waals surface area contributed by atoms with Crippen molar-refractivity contribution >= 4 is 33.4 Å². The smallest absolute Gasteiger partial charge is 0.255 e. The molecule has 0 spiro atoms. The van der Waals surface area contributed by atoms with Crippen LogP contribution in [0.1, 0.15) is 23.1 Å². The SMILES string of the molecule is CCn1c2ccccc2c2ccc(NC(=O)c3ccc(OCc4nn[nH]n4)cc3)cc21. The number of carbonyl (C=O) groups is 1. The molecular formula is C23H20N6O2. The number of aromatic nitrogens is 5. The number of nitrogens with zero attached hydrogens (tertiary/aromatic N) is 4. The summed E-state index contributed by atoms with van der Waals surface area (Å²) in [4.78, 5) is 12.7. The second-order valence-electron chi connectivity index (χ2n) is 7.09. The Labute approximate surface area is 177 Å². The van der Waals surface area contributed by atoms with Gasteiger partial charge in [-0.25, -0.2) is 0 Å². The fourth-order valence-electron chi connectivity index (χ4n) is 3.77. The van der Waals surface area contributed by atoms with Crippen molar-refractivity contribution in [1.82, 2.24) is 25.2 Å². The highest BCUT2D eigenvalue weighted by Gasteiger charge is 2.12. The molecule has 0 aliphatic rings. The Balaban J connectivity index is 1.34. The minimum Gasteiger partial charge on any atom is -0.485 e. The molecule has 1 amide bonds. The van der Waals surface area contributed by atoms with Gasteiger partial charge in [0.1, 0.15) is 5.75 Å². The van der Waals surface area contributed by atoms with Crippen LogP contribution in [0.3, 0.4) is 0 Å². The van der Waals surface area contributed by atoms with Gasteiger partial charge >= 0.3 is 0 Å². The Kier molecular flexibility index (Phi) is 4.80. The molecule has 5 aromatic rings. The van der Waals surface area contributed by atoms with E-state index in [9.17, 15) is 4.79 Å². The number of carbonyl (C=O) groups excluding carboxylic acids is 1. The zero-order valence-corrected chi connectivity index (χ0v) is 16.9. The van der Waals surface area contributed by atoms with Crippen LogP contribution in [0, 0.1) is 0 Å². The van der Waals surface area contributed by atoms with Gasteiger partial charge in [-0.2, -0.15) is 5.21 Å². The van der Waals surface area contributed by atoms with Crippen molar-refractivity contribution in [2.75, 3.05) is 5.32 Å². The summed E-state index contributed by atoms with van der Waals surface area (Å²) in [7, 11) is 0. The predicted molar refractivity (Wildman–Crippen MR) is 118 cm³/mol. The van der Waals surface area contributed by atoms with Crippen molar-refractivity contribution in [2.24, 2.45) is 0 Å². The third-order valence-electron chi connectivity index (χ3n) is 5.22. The highest BCUT2D eigenvalue weighted by molar-refractivity contribution is 6.10. The number of ether oxygens (including phenoxy) is 1.